The molecule has 1 aliphatic rings. The maximum Gasteiger partial charge on any atom is 0.414 e. The lowest BCUT2D eigenvalue weighted by molar-refractivity contribution is 0.151. The number of ether oxygens (including phenoxy) is 1. The quantitative estimate of drug-likeness (QED) is 0.724. The van der Waals surface area contributed by atoms with Crippen molar-refractivity contribution in [2.45, 2.75) is 13.0 Å². The van der Waals surface area contributed by atoms with Crippen LogP contribution in [-0.4, -0.2) is 24.6 Å². The first kappa shape index (κ1) is 10.3. The topological polar surface area (TPSA) is 29.5 Å². The van der Waals surface area contributed by atoms with Crippen molar-refractivity contribution < 1.29 is 9.53 Å². The van der Waals surface area contributed by atoms with Gasteiger partial charge in [0.2, 0.25) is 0 Å². The number of amides is 1. The van der Waals surface area contributed by atoms with E-state index in [9.17, 15) is 4.79 Å². The van der Waals surface area contributed by atoms with E-state index in [0.717, 1.165) is 5.69 Å². The third kappa shape index (κ3) is 2.07. The SMILES string of the molecule is Cc1ccc(N2C[C@@H](CCl)OC2=O)cc1. The van der Waals surface area contributed by atoms with Crippen molar-refractivity contribution in [2.75, 3.05) is 17.3 Å². The number of cyclic esters (lactones) is 1. The molecule has 1 heterocycles. The minimum absolute atomic E-state index is 0.194. The van der Waals surface area contributed by atoms with Crippen LogP contribution >= 0.6 is 11.6 Å². The van der Waals surface area contributed by atoms with E-state index in [-0.39, 0.29) is 12.2 Å². The predicted molar refractivity (Wildman–Crippen MR) is 59.5 cm³/mol. The van der Waals surface area contributed by atoms with Gasteiger partial charge in [-0.2, -0.15) is 0 Å². The molecule has 0 saturated carbocycles. The van der Waals surface area contributed by atoms with Gasteiger partial charge in [0, 0.05) is 5.69 Å². The number of carbonyl (C=O) groups is 1. The van der Waals surface area contributed by atoms with Crippen molar-refractivity contribution in [3.8, 4) is 0 Å². The summed E-state index contributed by atoms with van der Waals surface area (Å²) < 4.78 is 5.06. The van der Waals surface area contributed by atoms with E-state index in [1.165, 1.54) is 5.56 Å². The summed E-state index contributed by atoms with van der Waals surface area (Å²) in [6, 6.07) is 7.76. The fraction of sp³-hybridized carbons (Fsp3) is 0.364. The van der Waals surface area contributed by atoms with Crippen LogP contribution in [0.5, 0.6) is 0 Å². The van der Waals surface area contributed by atoms with Gasteiger partial charge >= 0.3 is 6.09 Å². The molecule has 15 heavy (non-hydrogen) atoms. The molecule has 0 aromatic heterocycles. The summed E-state index contributed by atoms with van der Waals surface area (Å²) in [6.07, 6.45) is -0.509. The van der Waals surface area contributed by atoms with Crippen LogP contribution in [-0.2, 0) is 4.74 Å². The lowest BCUT2D eigenvalue weighted by Crippen LogP contribution is -2.24. The van der Waals surface area contributed by atoms with E-state index < -0.39 is 0 Å². The molecule has 1 amide bonds. The van der Waals surface area contributed by atoms with Crippen LogP contribution in [0, 0.1) is 6.92 Å². The van der Waals surface area contributed by atoms with Crippen molar-refractivity contribution in [2.24, 2.45) is 0 Å². The van der Waals surface area contributed by atoms with Gasteiger partial charge in [-0.15, -0.1) is 11.6 Å². The van der Waals surface area contributed by atoms with E-state index in [0.29, 0.717) is 12.4 Å². The summed E-state index contributed by atoms with van der Waals surface area (Å²) in [4.78, 5) is 13.1. The molecular weight excluding hydrogens is 214 g/mol. The lowest BCUT2D eigenvalue weighted by atomic mass is 10.2. The van der Waals surface area contributed by atoms with Gasteiger partial charge < -0.3 is 4.74 Å². The molecule has 1 saturated heterocycles. The van der Waals surface area contributed by atoms with Crippen LogP contribution in [0.2, 0.25) is 0 Å². The summed E-state index contributed by atoms with van der Waals surface area (Å²) in [7, 11) is 0. The zero-order valence-electron chi connectivity index (χ0n) is 8.44. The Hall–Kier alpha value is -1.22. The molecule has 0 aliphatic carbocycles. The van der Waals surface area contributed by atoms with Gasteiger partial charge in [-0.3, -0.25) is 4.90 Å². The Labute approximate surface area is 93.6 Å². The molecule has 0 bridgehead atoms. The number of anilines is 1. The normalized spacial score (nSPS) is 20.5. The third-order valence-corrected chi connectivity index (χ3v) is 2.74. The van der Waals surface area contributed by atoms with Crippen LogP contribution in [0.3, 0.4) is 0 Å². The molecule has 1 fully saturated rings. The first-order valence-corrected chi connectivity index (χ1v) is 5.35. The number of carbonyl (C=O) groups excluding carboxylic acids is 1. The highest BCUT2D eigenvalue weighted by Crippen LogP contribution is 2.22. The van der Waals surface area contributed by atoms with Crippen LogP contribution < -0.4 is 4.90 Å². The second-order valence-electron chi connectivity index (χ2n) is 3.61. The third-order valence-electron chi connectivity index (χ3n) is 2.39. The van der Waals surface area contributed by atoms with Crippen molar-refractivity contribution in [3.05, 3.63) is 29.8 Å². The molecular formula is C11H12ClNO2. The van der Waals surface area contributed by atoms with E-state index in [4.69, 9.17) is 16.3 Å². The average Bonchev–Trinajstić information content (AvgIpc) is 2.61. The molecule has 1 aromatic carbocycles. The predicted octanol–water partition coefficient (Wildman–Crippen LogP) is 2.56. The summed E-state index contributed by atoms with van der Waals surface area (Å²) in [5.41, 5.74) is 2.03. The van der Waals surface area contributed by atoms with Crippen LogP contribution in [0.4, 0.5) is 10.5 Å². The highest BCUT2D eigenvalue weighted by Gasteiger charge is 2.31. The van der Waals surface area contributed by atoms with Gasteiger partial charge in [-0.1, -0.05) is 17.7 Å². The van der Waals surface area contributed by atoms with Crippen LogP contribution in [0.25, 0.3) is 0 Å². The highest BCUT2D eigenvalue weighted by molar-refractivity contribution is 6.18. The minimum Gasteiger partial charge on any atom is -0.443 e. The maximum atomic E-state index is 11.5. The van der Waals surface area contributed by atoms with Crippen molar-refractivity contribution >= 4 is 23.4 Å². The highest BCUT2D eigenvalue weighted by atomic mass is 35.5. The molecule has 1 atom stereocenters. The molecule has 1 aromatic rings. The number of halogens is 1. The second kappa shape index (κ2) is 4.11. The Morgan fingerprint density at radius 2 is 2.13 bits per heavy atom. The Morgan fingerprint density at radius 3 is 2.67 bits per heavy atom. The lowest BCUT2D eigenvalue weighted by Gasteiger charge is -2.12. The van der Waals surface area contributed by atoms with Crippen LogP contribution in [0.1, 0.15) is 5.56 Å². The Morgan fingerprint density at radius 1 is 1.47 bits per heavy atom. The first-order valence-electron chi connectivity index (χ1n) is 4.81. The van der Waals surface area contributed by atoms with Crippen molar-refractivity contribution in [1.82, 2.24) is 0 Å². The molecule has 3 nitrogen and oxygen atoms in total. The summed E-state index contributed by atoms with van der Waals surface area (Å²) in [5.74, 6) is 0.341. The number of benzene rings is 1. The molecule has 0 spiro atoms. The zero-order chi connectivity index (χ0) is 10.8. The van der Waals surface area contributed by atoms with Gasteiger partial charge in [-0.05, 0) is 19.1 Å². The number of aryl methyl sites for hydroxylation is 1. The van der Waals surface area contributed by atoms with Gasteiger partial charge in [0.05, 0.1) is 12.4 Å². The molecule has 2 rings (SSSR count). The monoisotopic (exact) mass is 225 g/mol. The Balaban J connectivity index is 2.18. The molecule has 0 radical (unpaired) electrons. The van der Waals surface area contributed by atoms with Crippen molar-refractivity contribution in [1.29, 1.82) is 0 Å². The van der Waals surface area contributed by atoms with Gasteiger partial charge in [0.25, 0.3) is 0 Å². The van der Waals surface area contributed by atoms with E-state index in [2.05, 4.69) is 0 Å². The molecule has 1 aliphatic heterocycles. The van der Waals surface area contributed by atoms with Crippen LogP contribution in [0.15, 0.2) is 24.3 Å². The fourth-order valence-corrected chi connectivity index (χ4v) is 1.70. The molecule has 0 N–H and O–H groups in total. The van der Waals surface area contributed by atoms with Gasteiger partial charge in [-0.25, -0.2) is 4.79 Å². The van der Waals surface area contributed by atoms with Crippen molar-refractivity contribution in [3.63, 3.8) is 0 Å². The first-order chi connectivity index (χ1) is 7.20. The fourth-order valence-electron chi connectivity index (χ4n) is 1.54. The minimum atomic E-state index is -0.315. The molecule has 0 unspecified atom stereocenters. The number of hydrogen-bond donors (Lipinski definition) is 0. The number of nitrogens with zero attached hydrogens (tertiary/aromatic N) is 1. The average molecular weight is 226 g/mol. The second-order valence-corrected chi connectivity index (χ2v) is 3.91. The van der Waals surface area contributed by atoms with E-state index in [1.54, 1.807) is 4.90 Å². The van der Waals surface area contributed by atoms with Gasteiger partial charge in [0.1, 0.15) is 6.10 Å². The summed E-state index contributed by atoms with van der Waals surface area (Å²) in [6.45, 7) is 2.54. The summed E-state index contributed by atoms with van der Waals surface area (Å²) in [5, 5.41) is 0. The number of alkyl halides is 1. The van der Waals surface area contributed by atoms with Gasteiger partial charge in [0.15, 0.2) is 0 Å². The Kier molecular flexibility index (Phi) is 2.82. The van der Waals surface area contributed by atoms with E-state index in [1.807, 2.05) is 31.2 Å². The largest absolute Gasteiger partial charge is 0.443 e. The molecule has 80 valence electrons. The number of hydrogen-bond acceptors (Lipinski definition) is 2. The molecule has 4 heteroatoms. The zero-order valence-corrected chi connectivity index (χ0v) is 9.20. The maximum absolute atomic E-state index is 11.5. The van der Waals surface area contributed by atoms with E-state index >= 15 is 0 Å². The standard InChI is InChI=1S/C11H12ClNO2/c1-8-2-4-9(5-3-8)13-7-10(6-12)15-11(13)14/h2-5,10H,6-7H2,1H3/t10-/m1/s1. The number of rotatable bonds is 2. The Bertz CT molecular complexity index is 363. The summed E-state index contributed by atoms with van der Waals surface area (Å²) >= 11 is 5.65. The smallest absolute Gasteiger partial charge is 0.414 e.